The molecule has 3 fully saturated rings. The van der Waals surface area contributed by atoms with Crippen LogP contribution in [0.4, 0.5) is 18.9 Å². The van der Waals surface area contributed by atoms with Gasteiger partial charge < -0.3 is 19.7 Å². The molecule has 6 nitrogen and oxygen atoms in total. The summed E-state index contributed by atoms with van der Waals surface area (Å²) in [6.45, 7) is 2.46. The van der Waals surface area contributed by atoms with E-state index in [0.717, 1.165) is 31.3 Å². The summed E-state index contributed by atoms with van der Waals surface area (Å²) >= 11 is 0. The molecule has 1 N–H and O–H groups in total. The van der Waals surface area contributed by atoms with E-state index in [1.54, 1.807) is 30.5 Å². The van der Waals surface area contributed by atoms with Crippen LogP contribution in [0.2, 0.25) is 0 Å². The molecule has 2 aliphatic heterocycles. The molecule has 2 atom stereocenters. The molecule has 1 aromatic heterocycles. The molecule has 3 aliphatic rings. The summed E-state index contributed by atoms with van der Waals surface area (Å²) in [4.78, 5) is 15.1. The average molecular weight is 514 g/mol. The van der Waals surface area contributed by atoms with Crippen molar-refractivity contribution in [3.63, 3.8) is 0 Å². The molecule has 6 rings (SSSR count). The minimum absolute atomic E-state index is 0.0582. The number of halogens is 3. The molecule has 2 aromatic carbocycles. The Labute approximate surface area is 213 Å². The Morgan fingerprint density at radius 2 is 1.95 bits per heavy atom. The largest absolute Gasteiger partial charge is 0.491 e. The van der Waals surface area contributed by atoms with Crippen molar-refractivity contribution in [2.24, 2.45) is 0 Å². The lowest BCUT2D eigenvalue weighted by molar-refractivity contribution is -0.0943. The van der Waals surface area contributed by atoms with E-state index in [0.29, 0.717) is 42.2 Å². The fraction of sp³-hybridized carbons (Fsp3) is 0.464. The van der Waals surface area contributed by atoms with Gasteiger partial charge in [0, 0.05) is 62.3 Å². The van der Waals surface area contributed by atoms with Gasteiger partial charge in [0.2, 0.25) is 0 Å². The van der Waals surface area contributed by atoms with Crippen LogP contribution in [0.3, 0.4) is 0 Å². The lowest BCUT2D eigenvalue weighted by Crippen LogP contribution is -2.52. The van der Waals surface area contributed by atoms with Gasteiger partial charge in [-0.05, 0) is 61.0 Å². The van der Waals surface area contributed by atoms with Crippen molar-refractivity contribution in [3.05, 3.63) is 64.8 Å². The van der Waals surface area contributed by atoms with E-state index in [4.69, 9.17) is 9.47 Å². The SMILES string of the molecule is O=c1c2ccc(OC[C@H]3CCCO3)cc2ccn1-c1ccc(N2CCC(NC3CC(F)(F)C3)C2)c(F)c1. The number of rotatable bonds is 7. The van der Waals surface area contributed by atoms with Gasteiger partial charge in [-0.3, -0.25) is 9.36 Å². The van der Waals surface area contributed by atoms with Crippen molar-refractivity contribution in [2.75, 3.05) is 31.2 Å². The zero-order chi connectivity index (χ0) is 25.6. The van der Waals surface area contributed by atoms with Crippen molar-refractivity contribution in [1.82, 2.24) is 9.88 Å². The van der Waals surface area contributed by atoms with E-state index >= 15 is 4.39 Å². The Morgan fingerprint density at radius 1 is 1.08 bits per heavy atom. The van der Waals surface area contributed by atoms with E-state index in [2.05, 4.69) is 5.32 Å². The van der Waals surface area contributed by atoms with Gasteiger partial charge >= 0.3 is 0 Å². The first kappa shape index (κ1) is 24.3. The van der Waals surface area contributed by atoms with Gasteiger partial charge in [-0.1, -0.05) is 0 Å². The number of ether oxygens (including phenoxy) is 2. The average Bonchev–Trinajstić information content (AvgIpc) is 3.54. The second-order valence-corrected chi connectivity index (χ2v) is 10.4. The molecule has 37 heavy (non-hydrogen) atoms. The van der Waals surface area contributed by atoms with Crippen LogP contribution in [-0.4, -0.2) is 55.0 Å². The molecule has 1 saturated carbocycles. The second-order valence-electron chi connectivity index (χ2n) is 10.4. The van der Waals surface area contributed by atoms with E-state index in [1.165, 1.54) is 10.6 Å². The first-order valence-corrected chi connectivity index (χ1v) is 12.9. The van der Waals surface area contributed by atoms with Gasteiger partial charge in [-0.15, -0.1) is 0 Å². The number of aromatic nitrogens is 1. The van der Waals surface area contributed by atoms with E-state index in [1.807, 2.05) is 17.0 Å². The molecule has 0 bridgehead atoms. The smallest absolute Gasteiger partial charge is 0.262 e. The highest BCUT2D eigenvalue weighted by molar-refractivity contribution is 5.83. The van der Waals surface area contributed by atoms with Crippen LogP contribution in [0.25, 0.3) is 16.5 Å². The van der Waals surface area contributed by atoms with Crippen LogP contribution in [0, 0.1) is 5.82 Å². The molecule has 0 amide bonds. The van der Waals surface area contributed by atoms with Crippen LogP contribution < -0.4 is 20.5 Å². The normalized spacial score (nSPS) is 23.5. The molecule has 0 spiro atoms. The Bertz CT molecular complexity index is 1350. The first-order valence-electron chi connectivity index (χ1n) is 12.9. The van der Waals surface area contributed by atoms with Gasteiger partial charge in [0.25, 0.3) is 11.5 Å². The van der Waals surface area contributed by atoms with E-state index in [-0.39, 0.29) is 36.6 Å². The summed E-state index contributed by atoms with van der Waals surface area (Å²) in [5.74, 6) is -2.29. The molecule has 0 radical (unpaired) electrons. The Morgan fingerprint density at radius 3 is 2.70 bits per heavy atom. The number of nitrogens with zero attached hydrogens (tertiary/aromatic N) is 2. The molecule has 196 valence electrons. The maximum atomic E-state index is 15.2. The summed E-state index contributed by atoms with van der Waals surface area (Å²) in [7, 11) is 0. The van der Waals surface area contributed by atoms with Crippen LogP contribution in [0.5, 0.6) is 5.75 Å². The zero-order valence-corrected chi connectivity index (χ0v) is 20.5. The highest BCUT2D eigenvalue weighted by Crippen LogP contribution is 2.38. The molecule has 3 heterocycles. The number of nitrogens with one attached hydrogen (secondary N) is 1. The third kappa shape index (κ3) is 5.07. The van der Waals surface area contributed by atoms with Gasteiger partial charge in [0.1, 0.15) is 18.2 Å². The minimum atomic E-state index is -2.56. The lowest BCUT2D eigenvalue weighted by atomic mass is 9.87. The first-order chi connectivity index (χ1) is 17.8. The fourth-order valence-corrected chi connectivity index (χ4v) is 5.61. The summed E-state index contributed by atoms with van der Waals surface area (Å²) in [5.41, 5.74) is 0.657. The van der Waals surface area contributed by atoms with Crippen LogP contribution >= 0.6 is 0 Å². The molecule has 2 saturated heterocycles. The number of alkyl halides is 2. The van der Waals surface area contributed by atoms with Crippen molar-refractivity contribution in [1.29, 1.82) is 0 Å². The molecule has 3 aromatic rings. The Kier molecular flexibility index (Phi) is 6.36. The van der Waals surface area contributed by atoms with Crippen LogP contribution in [0.15, 0.2) is 53.5 Å². The number of benzene rings is 2. The Hall–Kier alpha value is -3.04. The molecular weight excluding hydrogens is 483 g/mol. The van der Waals surface area contributed by atoms with Crippen LogP contribution in [0.1, 0.15) is 32.1 Å². The van der Waals surface area contributed by atoms with Gasteiger partial charge in [-0.25, -0.2) is 13.2 Å². The second kappa shape index (κ2) is 9.68. The minimum Gasteiger partial charge on any atom is -0.491 e. The van der Waals surface area contributed by atoms with Crippen molar-refractivity contribution >= 4 is 16.5 Å². The molecule has 1 unspecified atom stereocenters. The zero-order valence-electron chi connectivity index (χ0n) is 20.5. The summed E-state index contributed by atoms with van der Waals surface area (Å²) < 4.78 is 54.3. The highest BCUT2D eigenvalue weighted by atomic mass is 19.3. The third-order valence-corrected chi connectivity index (χ3v) is 7.64. The number of fused-ring (bicyclic) bond motifs is 1. The van der Waals surface area contributed by atoms with Gasteiger partial charge in [0.15, 0.2) is 0 Å². The maximum Gasteiger partial charge on any atom is 0.262 e. The third-order valence-electron chi connectivity index (χ3n) is 7.64. The van der Waals surface area contributed by atoms with Crippen molar-refractivity contribution < 1.29 is 22.6 Å². The standard InChI is InChI=1S/C28H30F3N3O3/c29-25-13-21(3-6-26(25)33-9-8-19(16-33)32-20-14-28(30,31)15-20)34-10-7-18-12-22(4-5-24(18)27(34)35)37-17-23-2-1-11-36-23/h3-7,10,12-13,19-20,23,32H,1-2,8-9,11,14-17H2/t19?,23-/m1/s1. The summed E-state index contributed by atoms with van der Waals surface area (Å²) in [6.07, 6.45) is 4.31. The number of anilines is 1. The Balaban J connectivity index is 1.15. The number of pyridine rings is 1. The van der Waals surface area contributed by atoms with E-state index < -0.39 is 11.7 Å². The molecule has 1 aliphatic carbocycles. The topological polar surface area (TPSA) is 55.7 Å². The predicted octanol–water partition coefficient (Wildman–Crippen LogP) is 4.65. The number of hydrogen-bond donors (Lipinski definition) is 1. The lowest BCUT2D eigenvalue weighted by Gasteiger charge is -2.37. The van der Waals surface area contributed by atoms with E-state index in [9.17, 15) is 13.6 Å². The fourth-order valence-electron chi connectivity index (χ4n) is 5.61. The number of hydrogen-bond acceptors (Lipinski definition) is 5. The quantitative estimate of drug-likeness (QED) is 0.499. The molecule has 9 heteroatoms. The summed E-state index contributed by atoms with van der Waals surface area (Å²) in [5, 5.41) is 4.55. The van der Waals surface area contributed by atoms with Crippen LogP contribution in [-0.2, 0) is 4.74 Å². The van der Waals surface area contributed by atoms with Crippen molar-refractivity contribution in [3.8, 4) is 11.4 Å². The molecular formula is C28H30F3N3O3. The van der Waals surface area contributed by atoms with Gasteiger partial charge in [0.05, 0.1) is 17.5 Å². The summed E-state index contributed by atoms with van der Waals surface area (Å²) in [6, 6.07) is 11.8. The van der Waals surface area contributed by atoms with Gasteiger partial charge in [-0.2, -0.15) is 0 Å². The highest BCUT2D eigenvalue weighted by Gasteiger charge is 2.46. The predicted molar refractivity (Wildman–Crippen MR) is 136 cm³/mol. The maximum absolute atomic E-state index is 15.2. The monoisotopic (exact) mass is 513 g/mol. The van der Waals surface area contributed by atoms with Crippen molar-refractivity contribution in [2.45, 2.75) is 56.2 Å².